The van der Waals surface area contributed by atoms with Crippen molar-refractivity contribution in [3.05, 3.63) is 125 Å². The van der Waals surface area contributed by atoms with Gasteiger partial charge in [0.25, 0.3) is 5.91 Å². The van der Waals surface area contributed by atoms with Crippen LogP contribution in [0.25, 0.3) is 0 Å². The van der Waals surface area contributed by atoms with Gasteiger partial charge in [0, 0.05) is 11.3 Å². The highest BCUT2D eigenvalue weighted by atomic mass is 16.5. The maximum atomic E-state index is 14.3. The highest BCUT2D eigenvalue weighted by Crippen LogP contribution is 2.34. The Hall–Kier alpha value is -5.35. The van der Waals surface area contributed by atoms with Crippen molar-refractivity contribution in [3.63, 3.8) is 0 Å². The number of nitrogens with one attached hydrogen (secondary N) is 2. The third kappa shape index (κ3) is 7.90. The van der Waals surface area contributed by atoms with E-state index in [1.807, 2.05) is 30.3 Å². The van der Waals surface area contributed by atoms with E-state index < -0.39 is 37.1 Å². The predicted octanol–water partition coefficient (Wildman–Crippen LogP) is 4.36. The average Bonchev–Trinajstić information content (AvgIpc) is 3.03. The van der Waals surface area contributed by atoms with Crippen LogP contribution >= 0.6 is 0 Å². The molecule has 222 valence electrons. The number of hydrogen-bond acceptors (Lipinski definition) is 7. The molecule has 6 N–H and O–H groups in total. The Morgan fingerprint density at radius 1 is 0.907 bits per heavy atom. The summed E-state index contributed by atoms with van der Waals surface area (Å²) in [7, 11) is 1.49. The van der Waals surface area contributed by atoms with Crippen molar-refractivity contribution in [2.24, 2.45) is 5.73 Å². The van der Waals surface area contributed by atoms with Crippen LogP contribution in [0.3, 0.4) is 0 Å². The van der Waals surface area contributed by atoms with E-state index >= 15 is 0 Å². The Morgan fingerprint density at radius 2 is 1.56 bits per heavy atom. The number of nitrogen functional groups attached to an aromatic ring is 1. The van der Waals surface area contributed by atoms with Gasteiger partial charge in [0.05, 0.1) is 19.8 Å². The molecule has 43 heavy (non-hydrogen) atoms. The van der Waals surface area contributed by atoms with Crippen LogP contribution in [0.1, 0.15) is 34.3 Å². The Labute approximate surface area is 249 Å². The van der Waals surface area contributed by atoms with Gasteiger partial charge in [0.1, 0.15) is 25.0 Å². The van der Waals surface area contributed by atoms with E-state index in [4.69, 9.17) is 20.6 Å². The molecule has 10 nitrogen and oxygen atoms in total. The van der Waals surface area contributed by atoms with Gasteiger partial charge in [-0.15, -0.1) is 0 Å². The fourth-order valence-corrected chi connectivity index (χ4v) is 4.63. The number of nitrogens with two attached hydrogens (primary N) is 1. The molecule has 10 heteroatoms. The molecule has 0 spiro atoms. The van der Waals surface area contributed by atoms with Gasteiger partial charge in [-0.1, -0.05) is 66.7 Å². The molecular weight excluding hydrogens is 548 g/mol. The highest BCUT2D eigenvalue weighted by Gasteiger charge is 2.33. The van der Waals surface area contributed by atoms with Crippen LogP contribution in [0, 0.1) is 5.41 Å². The standard InChI is InChI=1S/C33H34N4O6/c1-42-29-18-25(14-17-28(29)43-21-22-8-4-2-5-9-22)31(36-26-15-12-24(13-16-26)32(34)35)33(41)37(19-30(39)40)27(20-38)23-10-6-3-7-11-23/h2-18,27,31,36,38H,19-21H2,1H3,(H3,34,35)(H,39,40)/t27-,31+/m0/s1. The number of amidine groups is 1. The van der Waals surface area contributed by atoms with Crippen molar-refractivity contribution < 1.29 is 29.3 Å². The van der Waals surface area contributed by atoms with Crippen LogP contribution in [0.15, 0.2) is 103 Å². The van der Waals surface area contributed by atoms with E-state index in [1.165, 1.54) is 7.11 Å². The minimum Gasteiger partial charge on any atom is -0.493 e. The number of carbonyl (C=O) groups excluding carboxylic acids is 1. The molecule has 0 aliphatic carbocycles. The number of carboxylic acids is 1. The number of benzene rings is 4. The molecule has 0 unspecified atom stereocenters. The molecule has 0 aliphatic heterocycles. The summed E-state index contributed by atoms with van der Waals surface area (Å²) in [6.07, 6.45) is 0. The third-order valence-corrected chi connectivity index (χ3v) is 6.83. The first kappa shape index (κ1) is 30.6. The maximum absolute atomic E-state index is 14.3. The lowest BCUT2D eigenvalue weighted by atomic mass is 10.0. The first-order valence-corrected chi connectivity index (χ1v) is 13.5. The topological polar surface area (TPSA) is 158 Å². The molecule has 0 bridgehead atoms. The van der Waals surface area contributed by atoms with Gasteiger partial charge in [-0.05, 0) is 53.1 Å². The molecule has 1 amide bonds. The van der Waals surface area contributed by atoms with E-state index in [1.54, 1.807) is 72.8 Å². The normalized spacial score (nSPS) is 12.0. The minimum absolute atomic E-state index is 0.101. The van der Waals surface area contributed by atoms with E-state index in [0.717, 1.165) is 10.5 Å². The molecule has 4 rings (SSSR count). The molecular formula is C33H34N4O6. The fraction of sp³-hybridized carbons (Fsp3) is 0.182. The second kappa shape index (κ2) is 14.5. The van der Waals surface area contributed by atoms with Gasteiger partial charge in [-0.25, -0.2) is 0 Å². The van der Waals surface area contributed by atoms with Gasteiger partial charge in [0.15, 0.2) is 11.5 Å². The fourth-order valence-electron chi connectivity index (χ4n) is 4.63. The smallest absolute Gasteiger partial charge is 0.323 e. The van der Waals surface area contributed by atoms with Crippen LogP contribution in [0.2, 0.25) is 0 Å². The predicted molar refractivity (Wildman–Crippen MR) is 163 cm³/mol. The number of methoxy groups -OCH3 is 1. The van der Waals surface area contributed by atoms with Crippen molar-refractivity contribution in [3.8, 4) is 11.5 Å². The van der Waals surface area contributed by atoms with Crippen molar-refractivity contribution in [1.82, 2.24) is 4.90 Å². The Bertz CT molecular complexity index is 1530. The van der Waals surface area contributed by atoms with Gasteiger partial charge >= 0.3 is 5.97 Å². The Morgan fingerprint density at radius 3 is 2.14 bits per heavy atom. The number of rotatable bonds is 14. The van der Waals surface area contributed by atoms with E-state index in [-0.39, 0.29) is 5.84 Å². The number of ether oxygens (including phenoxy) is 2. The summed E-state index contributed by atoms with van der Waals surface area (Å²) >= 11 is 0. The van der Waals surface area contributed by atoms with Crippen molar-refractivity contribution >= 4 is 23.4 Å². The molecule has 4 aromatic carbocycles. The minimum atomic E-state index is -1.23. The van der Waals surface area contributed by atoms with Gasteiger partial charge in [0.2, 0.25) is 0 Å². The number of anilines is 1. The lowest BCUT2D eigenvalue weighted by Gasteiger charge is -2.33. The quantitative estimate of drug-likeness (QED) is 0.108. The zero-order chi connectivity index (χ0) is 30.8. The number of aliphatic carboxylic acids is 1. The second-order valence-corrected chi connectivity index (χ2v) is 9.72. The summed E-state index contributed by atoms with van der Waals surface area (Å²) in [5, 5.41) is 31.0. The number of nitrogens with zero attached hydrogens (tertiary/aromatic N) is 1. The molecule has 0 fully saturated rings. The summed E-state index contributed by atoms with van der Waals surface area (Å²) in [5.74, 6) is -1.06. The molecule has 0 saturated carbocycles. The highest BCUT2D eigenvalue weighted by molar-refractivity contribution is 5.95. The van der Waals surface area contributed by atoms with Gasteiger partial charge < -0.3 is 35.6 Å². The molecule has 0 heterocycles. The summed E-state index contributed by atoms with van der Waals surface area (Å²) in [6, 6.07) is 28.1. The summed E-state index contributed by atoms with van der Waals surface area (Å²) < 4.78 is 11.6. The Kier molecular flexibility index (Phi) is 10.3. The second-order valence-electron chi connectivity index (χ2n) is 9.72. The van der Waals surface area contributed by atoms with Crippen molar-refractivity contribution in [1.29, 1.82) is 5.41 Å². The maximum Gasteiger partial charge on any atom is 0.323 e. The average molecular weight is 583 g/mol. The molecule has 0 aliphatic rings. The monoisotopic (exact) mass is 582 g/mol. The van der Waals surface area contributed by atoms with Crippen molar-refractivity contribution in [2.75, 3.05) is 25.6 Å². The number of amides is 1. The van der Waals surface area contributed by atoms with Crippen LogP contribution in [-0.2, 0) is 16.2 Å². The zero-order valence-corrected chi connectivity index (χ0v) is 23.6. The van der Waals surface area contributed by atoms with E-state index in [2.05, 4.69) is 5.32 Å². The number of hydrogen-bond donors (Lipinski definition) is 5. The van der Waals surface area contributed by atoms with Crippen LogP contribution in [0.4, 0.5) is 5.69 Å². The summed E-state index contributed by atoms with van der Waals surface area (Å²) in [6.45, 7) is -0.824. The lowest BCUT2D eigenvalue weighted by molar-refractivity contribution is -0.147. The Balaban J connectivity index is 1.73. The van der Waals surface area contributed by atoms with Gasteiger partial charge in [-0.2, -0.15) is 0 Å². The lowest BCUT2D eigenvalue weighted by Crippen LogP contribution is -2.44. The summed E-state index contributed by atoms with van der Waals surface area (Å²) in [4.78, 5) is 27.4. The molecule has 4 aromatic rings. The summed E-state index contributed by atoms with van der Waals surface area (Å²) in [5.41, 5.74) is 8.67. The number of carboxylic acid groups (broad SMARTS) is 1. The van der Waals surface area contributed by atoms with E-state index in [9.17, 15) is 19.8 Å². The molecule has 0 radical (unpaired) electrons. The van der Waals surface area contributed by atoms with Gasteiger partial charge in [-0.3, -0.25) is 15.0 Å². The third-order valence-electron chi connectivity index (χ3n) is 6.83. The van der Waals surface area contributed by atoms with Crippen LogP contribution in [-0.4, -0.2) is 53.1 Å². The van der Waals surface area contributed by atoms with Crippen molar-refractivity contribution in [2.45, 2.75) is 18.7 Å². The van der Waals surface area contributed by atoms with Crippen LogP contribution < -0.4 is 20.5 Å². The first-order chi connectivity index (χ1) is 20.8. The molecule has 0 saturated heterocycles. The van der Waals surface area contributed by atoms with E-state index in [0.29, 0.717) is 40.5 Å². The number of carbonyl (C=O) groups is 2. The SMILES string of the molecule is COc1cc([C@@H](Nc2ccc(C(=N)N)cc2)C(=O)N(CC(=O)O)[C@@H](CO)c2ccccc2)ccc1OCc1ccccc1. The largest absolute Gasteiger partial charge is 0.493 e. The van der Waals surface area contributed by atoms with Crippen LogP contribution in [0.5, 0.6) is 11.5 Å². The number of aliphatic hydroxyl groups is 1. The first-order valence-electron chi connectivity index (χ1n) is 13.5. The number of aliphatic hydroxyl groups excluding tert-OH is 1. The zero-order valence-electron chi connectivity index (χ0n) is 23.6. The molecule has 0 aromatic heterocycles. The molecule has 2 atom stereocenters.